The Bertz CT molecular complexity index is 529. The highest BCUT2D eigenvalue weighted by molar-refractivity contribution is 7.88. The first-order chi connectivity index (χ1) is 8.79. The Balaban J connectivity index is 2.91. The van der Waals surface area contributed by atoms with E-state index in [4.69, 9.17) is 9.47 Å². The van der Waals surface area contributed by atoms with Crippen LogP contribution in [0.1, 0.15) is 11.7 Å². The maximum absolute atomic E-state index is 11.3. The van der Waals surface area contributed by atoms with Gasteiger partial charge in [-0.25, -0.2) is 12.7 Å². The number of likely N-dealkylation sites (N-methyl/N-ethyl adjacent to an activating group) is 1. The number of aliphatic hydroxyl groups excluding tert-OH is 1. The summed E-state index contributed by atoms with van der Waals surface area (Å²) in [6, 6.07) is 4.96. The molecular formula is C12H19NO5S. The lowest BCUT2D eigenvalue weighted by atomic mass is 10.1. The zero-order valence-electron chi connectivity index (χ0n) is 11.5. The summed E-state index contributed by atoms with van der Waals surface area (Å²) in [7, 11) is 1.11. The minimum Gasteiger partial charge on any atom is -0.493 e. The van der Waals surface area contributed by atoms with E-state index >= 15 is 0 Å². The van der Waals surface area contributed by atoms with Gasteiger partial charge in [-0.15, -0.1) is 0 Å². The first-order valence-corrected chi connectivity index (χ1v) is 7.45. The number of aliphatic hydroxyl groups is 1. The largest absolute Gasteiger partial charge is 0.493 e. The van der Waals surface area contributed by atoms with Gasteiger partial charge in [0.2, 0.25) is 10.0 Å². The fourth-order valence-corrected chi connectivity index (χ4v) is 1.96. The first kappa shape index (κ1) is 15.7. The van der Waals surface area contributed by atoms with Crippen LogP contribution >= 0.6 is 0 Å². The van der Waals surface area contributed by atoms with Crippen molar-refractivity contribution in [3.8, 4) is 11.5 Å². The number of nitrogens with zero attached hydrogens (tertiary/aromatic N) is 1. The molecule has 1 unspecified atom stereocenters. The molecule has 19 heavy (non-hydrogen) atoms. The quantitative estimate of drug-likeness (QED) is 0.831. The minimum absolute atomic E-state index is 0.0195. The molecule has 0 saturated carbocycles. The molecule has 7 heteroatoms. The van der Waals surface area contributed by atoms with Crippen LogP contribution in [0, 0.1) is 0 Å². The summed E-state index contributed by atoms with van der Waals surface area (Å²) in [6.07, 6.45) is 0.161. The molecule has 6 nitrogen and oxygen atoms in total. The highest BCUT2D eigenvalue weighted by Gasteiger charge is 2.18. The maximum atomic E-state index is 11.3. The molecule has 1 atom stereocenters. The zero-order valence-corrected chi connectivity index (χ0v) is 12.3. The van der Waals surface area contributed by atoms with E-state index in [9.17, 15) is 13.5 Å². The van der Waals surface area contributed by atoms with Gasteiger partial charge in [0.1, 0.15) is 0 Å². The SMILES string of the molecule is COc1ccc(C(O)CN(C)S(C)(=O)=O)cc1OC. The van der Waals surface area contributed by atoms with Gasteiger partial charge in [-0.1, -0.05) is 6.07 Å². The molecule has 0 fully saturated rings. The summed E-state index contributed by atoms with van der Waals surface area (Å²) < 4.78 is 33.9. The van der Waals surface area contributed by atoms with Crippen LogP contribution in [-0.2, 0) is 10.0 Å². The third kappa shape index (κ3) is 4.09. The van der Waals surface area contributed by atoms with Crippen LogP contribution in [0.15, 0.2) is 18.2 Å². The zero-order chi connectivity index (χ0) is 14.6. The molecule has 0 aliphatic carbocycles. The Morgan fingerprint density at radius 1 is 1.26 bits per heavy atom. The van der Waals surface area contributed by atoms with Gasteiger partial charge in [-0.05, 0) is 17.7 Å². The van der Waals surface area contributed by atoms with Gasteiger partial charge in [0.15, 0.2) is 11.5 Å². The molecule has 0 aromatic heterocycles. The van der Waals surface area contributed by atoms with Crippen LogP contribution < -0.4 is 9.47 Å². The maximum Gasteiger partial charge on any atom is 0.211 e. The van der Waals surface area contributed by atoms with Crippen molar-refractivity contribution in [1.82, 2.24) is 4.31 Å². The van der Waals surface area contributed by atoms with Gasteiger partial charge in [0, 0.05) is 13.6 Å². The summed E-state index contributed by atoms with van der Waals surface area (Å²) in [5.74, 6) is 1.04. The molecule has 0 aliphatic rings. The first-order valence-electron chi connectivity index (χ1n) is 5.61. The van der Waals surface area contributed by atoms with E-state index in [1.807, 2.05) is 0 Å². The van der Waals surface area contributed by atoms with Crippen LogP contribution in [-0.4, -0.2) is 51.9 Å². The Labute approximate surface area is 113 Å². The standard InChI is InChI=1S/C12H19NO5S/c1-13(19(4,15)16)8-10(14)9-5-6-11(17-2)12(7-9)18-3/h5-7,10,14H,8H2,1-4H3. The van der Waals surface area contributed by atoms with Crippen molar-refractivity contribution >= 4 is 10.0 Å². The predicted molar refractivity (Wildman–Crippen MR) is 72.0 cm³/mol. The van der Waals surface area contributed by atoms with Gasteiger partial charge in [0.25, 0.3) is 0 Å². The summed E-state index contributed by atoms with van der Waals surface area (Å²) in [5.41, 5.74) is 0.563. The van der Waals surface area contributed by atoms with Gasteiger partial charge < -0.3 is 14.6 Å². The van der Waals surface area contributed by atoms with Crippen molar-refractivity contribution in [2.75, 3.05) is 34.1 Å². The van der Waals surface area contributed by atoms with Crippen LogP contribution in [0.5, 0.6) is 11.5 Å². The molecule has 1 aromatic carbocycles. The Morgan fingerprint density at radius 2 is 1.84 bits per heavy atom. The molecule has 0 amide bonds. The van der Waals surface area contributed by atoms with E-state index < -0.39 is 16.1 Å². The lowest BCUT2D eigenvalue weighted by molar-refractivity contribution is 0.154. The average Bonchev–Trinajstić information content (AvgIpc) is 2.36. The normalized spacial score (nSPS) is 13.4. The van der Waals surface area contributed by atoms with Crippen LogP contribution in [0.3, 0.4) is 0 Å². The molecule has 0 aliphatic heterocycles. The molecule has 0 spiro atoms. The Hall–Kier alpha value is -1.31. The fraction of sp³-hybridized carbons (Fsp3) is 0.500. The molecular weight excluding hydrogens is 270 g/mol. The molecule has 0 heterocycles. The lowest BCUT2D eigenvalue weighted by Gasteiger charge is -2.19. The molecule has 108 valence electrons. The van der Waals surface area contributed by atoms with Crippen molar-refractivity contribution < 1.29 is 23.0 Å². The lowest BCUT2D eigenvalue weighted by Crippen LogP contribution is -2.30. The van der Waals surface area contributed by atoms with E-state index in [-0.39, 0.29) is 6.54 Å². The van der Waals surface area contributed by atoms with Gasteiger partial charge in [0.05, 0.1) is 26.6 Å². The minimum atomic E-state index is -3.32. The third-order valence-electron chi connectivity index (χ3n) is 2.79. The summed E-state index contributed by atoms with van der Waals surface area (Å²) >= 11 is 0. The number of hydrogen-bond donors (Lipinski definition) is 1. The van der Waals surface area contributed by atoms with Crippen molar-refractivity contribution in [2.45, 2.75) is 6.10 Å². The monoisotopic (exact) mass is 289 g/mol. The summed E-state index contributed by atoms with van der Waals surface area (Å²) in [5, 5.41) is 10.0. The second kappa shape index (κ2) is 6.23. The number of sulfonamides is 1. The number of ether oxygens (including phenoxy) is 2. The second-order valence-corrected chi connectivity index (χ2v) is 6.26. The third-order valence-corrected chi connectivity index (χ3v) is 4.07. The topological polar surface area (TPSA) is 76.1 Å². The van der Waals surface area contributed by atoms with Crippen LogP contribution in [0.2, 0.25) is 0 Å². The highest BCUT2D eigenvalue weighted by atomic mass is 32.2. The fourth-order valence-electron chi connectivity index (χ4n) is 1.54. The van der Waals surface area contributed by atoms with Crippen molar-refractivity contribution in [3.05, 3.63) is 23.8 Å². The van der Waals surface area contributed by atoms with Crippen molar-refractivity contribution in [1.29, 1.82) is 0 Å². The second-order valence-electron chi connectivity index (χ2n) is 4.17. The van der Waals surface area contributed by atoms with Crippen molar-refractivity contribution in [2.24, 2.45) is 0 Å². The summed E-state index contributed by atoms with van der Waals surface area (Å²) in [6.45, 7) is -0.0195. The molecule has 0 radical (unpaired) electrons. The number of hydrogen-bond acceptors (Lipinski definition) is 5. The van der Waals surface area contributed by atoms with E-state index in [1.54, 1.807) is 18.2 Å². The van der Waals surface area contributed by atoms with E-state index in [1.165, 1.54) is 21.3 Å². The van der Waals surface area contributed by atoms with Gasteiger partial charge in [-0.2, -0.15) is 0 Å². The number of benzene rings is 1. The van der Waals surface area contributed by atoms with Gasteiger partial charge >= 0.3 is 0 Å². The molecule has 1 aromatic rings. The predicted octanol–water partition coefficient (Wildman–Crippen LogP) is 0.629. The molecule has 1 N–H and O–H groups in total. The summed E-state index contributed by atoms with van der Waals surface area (Å²) in [4.78, 5) is 0. The van der Waals surface area contributed by atoms with Gasteiger partial charge in [-0.3, -0.25) is 0 Å². The van der Waals surface area contributed by atoms with Crippen LogP contribution in [0.25, 0.3) is 0 Å². The molecule has 0 bridgehead atoms. The van der Waals surface area contributed by atoms with E-state index in [0.29, 0.717) is 17.1 Å². The van der Waals surface area contributed by atoms with E-state index in [2.05, 4.69) is 0 Å². The average molecular weight is 289 g/mol. The molecule has 0 saturated heterocycles. The Morgan fingerprint density at radius 3 is 2.32 bits per heavy atom. The van der Waals surface area contributed by atoms with Crippen molar-refractivity contribution in [3.63, 3.8) is 0 Å². The van der Waals surface area contributed by atoms with Crippen LogP contribution in [0.4, 0.5) is 0 Å². The number of rotatable bonds is 6. The smallest absolute Gasteiger partial charge is 0.211 e. The number of methoxy groups -OCH3 is 2. The molecule has 1 rings (SSSR count). The van der Waals surface area contributed by atoms with E-state index in [0.717, 1.165) is 10.6 Å². The highest BCUT2D eigenvalue weighted by Crippen LogP contribution is 2.30. The Kier molecular flexibility index (Phi) is 5.16.